The first kappa shape index (κ1) is 32.8. The second kappa shape index (κ2) is 11.5. The molecule has 0 aliphatic carbocycles. The van der Waals surface area contributed by atoms with Crippen molar-refractivity contribution >= 4 is 13.3 Å². The van der Waals surface area contributed by atoms with Crippen LogP contribution in [0.2, 0.25) is 0 Å². The van der Waals surface area contributed by atoms with Crippen LogP contribution in [0.4, 0.5) is 0 Å². The van der Waals surface area contributed by atoms with Gasteiger partial charge in [-0.2, -0.15) is 4.89 Å². The van der Waals surface area contributed by atoms with E-state index in [1.165, 1.54) is 27.8 Å². The molecule has 0 saturated carbocycles. The van der Waals surface area contributed by atoms with E-state index in [2.05, 4.69) is 150 Å². The van der Waals surface area contributed by atoms with Crippen molar-refractivity contribution < 1.29 is 9.46 Å². The van der Waals surface area contributed by atoms with Crippen molar-refractivity contribution in [2.75, 3.05) is 0 Å². The summed E-state index contributed by atoms with van der Waals surface area (Å²) in [6, 6.07) is 27.7. The molecule has 2 nitrogen and oxygen atoms in total. The first-order valence-corrected chi connectivity index (χ1v) is 16.6. The minimum absolute atomic E-state index is 0.120. The molecule has 1 N–H and O–H groups in total. The second-order valence-corrected chi connectivity index (χ2v) is 17.0. The fourth-order valence-electron chi connectivity index (χ4n) is 6.28. The Balaban J connectivity index is 2.40. The van der Waals surface area contributed by atoms with Crippen LogP contribution in [-0.4, -0.2) is 4.89 Å². The molecule has 0 bridgehead atoms. The Hall–Kier alpha value is -3.06. The Labute approximate surface area is 261 Å². The van der Waals surface area contributed by atoms with Gasteiger partial charge in [-0.3, -0.25) is 0 Å². The van der Waals surface area contributed by atoms with E-state index in [1.54, 1.807) is 0 Å². The zero-order valence-electron chi connectivity index (χ0n) is 28.3. The summed E-state index contributed by atoms with van der Waals surface area (Å²) in [5, 5.41) is 0.477. The molecule has 1 atom stereocenters. The molecule has 1 unspecified atom stereocenters. The molecule has 0 aromatic heterocycles. The fourth-order valence-corrected chi connectivity index (χ4v) is 6.90. The largest absolute Gasteiger partial charge is 0.546 e. The Morgan fingerprint density at radius 2 is 0.837 bits per heavy atom. The molecule has 0 spiro atoms. The van der Waals surface area contributed by atoms with Crippen molar-refractivity contribution in [1.82, 2.24) is 0 Å². The number of hydrogen-bond acceptors (Lipinski definition) is 1. The van der Waals surface area contributed by atoms with Gasteiger partial charge in [-0.25, -0.2) is 0 Å². The van der Waals surface area contributed by atoms with Crippen molar-refractivity contribution in [3.05, 3.63) is 101 Å². The zero-order valence-corrected chi connectivity index (χ0v) is 29.2. The third-order valence-corrected chi connectivity index (χ3v) is 9.12. The van der Waals surface area contributed by atoms with Gasteiger partial charge in [-0.1, -0.05) is 150 Å². The summed E-state index contributed by atoms with van der Waals surface area (Å²) < 4.78 is 13.3. The van der Waals surface area contributed by atoms with Crippen LogP contribution in [0.15, 0.2) is 78.9 Å². The molecule has 0 saturated heterocycles. The van der Waals surface area contributed by atoms with Gasteiger partial charge < -0.3 is 0 Å². The summed E-state index contributed by atoms with van der Waals surface area (Å²) in [6.07, 6.45) is 0. The highest BCUT2D eigenvalue weighted by Crippen LogP contribution is 2.50. The quantitative estimate of drug-likeness (QED) is 0.239. The molecule has 4 rings (SSSR count). The maximum Gasteiger partial charge on any atom is 0.546 e. The topological polar surface area (TPSA) is 37.3 Å². The minimum atomic E-state index is -2.63. The van der Waals surface area contributed by atoms with E-state index in [0.717, 1.165) is 27.8 Å². The van der Waals surface area contributed by atoms with Crippen molar-refractivity contribution in [3.8, 4) is 33.4 Å². The average molecular weight is 594 g/mol. The van der Waals surface area contributed by atoms with Crippen LogP contribution in [0, 0.1) is 0 Å². The molecule has 0 aliphatic heterocycles. The van der Waals surface area contributed by atoms with Gasteiger partial charge in [0.1, 0.15) is 0 Å². The average Bonchev–Trinajstić information content (AvgIpc) is 2.89. The third kappa shape index (κ3) is 6.57. The van der Waals surface area contributed by atoms with E-state index in [-0.39, 0.29) is 21.7 Å². The van der Waals surface area contributed by atoms with Crippen molar-refractivity contribution in [2.45, 2.75) is 105 Å². The van der Waals surface area contributed by atoms with Crippen LogP contribution in [0.1, 0.15) is 105 Å². The van der Waals surface area contributed by atoms with Crippen LogP contribution >= 0.6 is 8.03 Å². The molecular weight excluding hydrogens is 543 g/mol. The minimum Gasteiger partial charge on any atom is -0.156 e. The third-order valence-electron chi connectivity index (χ3n) is 8.33. The van der Waals surface area contributed by atoms with Gasteiger partial charge in [0.05, 0.1) is 0 Å². The molecule has 3 heteroatoms. The summed E-state index contributed by atoms with van der Waals surface area (Å²) >= 11 is 0. The van der Waals surface area contributed by atoms with Crippen LogP contribution in [0.25, 0.3) is 33.4 Å². The van der Waals surface area contributed by atoms with Crippen LogP contribution in [0.3, 0.4) is 0 Å². The molecule has 0 radical (unpaired) electrons. The van der Waals surface area contributed by atoms with Gasteiger partial charge in [0, 0.05) is 11.1 Å². The Bertz CT molecular complexity index is 1590. The van der Waals surface area contributed by atoms with Crippen molar-refractivity contribution in [1.29, 1.82) is 0 Å². The molecule has 4 aromatic rings. The van der Waals surface area contributed by atoms with E-state index in [1.807, 2.05) is 12.1 Å². The normalized spacial score (nSPS) is 13.3. The molecule has 43 heavy (non-hydrogen) atoms. The van der Waals surface area contributed by atoms with Crippen molar-refractivity contribution in [2.24, 2.45) is 0 Å². The highest BCUT2D eigenvalue weighted by molar-refractivity contribution is 7.47. The molecule has 226 valence electrons. The number of rotatable bonds is 4. The number of benzene rings is 4. The van der Waals surface area contributed by atoms with E-state index >= 15 is 0 Å². The van der Waals surface area contributed by atoms with Crippen LogP contribution < -0.4 is 5.30 Å². The van der Waals surface area contributed by atoms with Crippen LogP contribution in [-0.2, 0) is 26.2 Å². The molecule has 0 fully saturated rings. The van der Waals surface area contributed by atoms with Crippen molar-refractivity contribution in [3.63, 3.8) is 0 Å². The highest BCUT2D eigenvalue weighted by atomic mass is 31.1. The van der Waals surface area contributed by atoms with Gasteiger partial charge in [0.2, 0.25) is 5.30 Å². The second-order valence-electron chi connectivity index (χ2n) is 16.0. The monoisotopic (exact) mass is 593 g/mol. The summed E-state index contributed by atoms with van der Waals surface area (Å²) in [6.45, 7) is 27.0. The fraction of sp³-hybridized carbons (Fsp3) is 0.400. The Kier molecular flexibility index (Phi) is 8.75. The van der Waals surface area contributed by atoms with Gasteiger partial charge in [0.15, 0.2) is 0 Å². The first-order chi connectivity index (χ1) is 19.7. The zero-order chi connectivity index (χ0) is 32.1. The highest BCUT2D eigenvalue weighted by Gasteiger charge is 2.36. The summed E-state index contributed by atoms with van der Waals surface area (Å²) in [7, 11) is -2.63. The SMILES string of the molecule is CC(C)(C)c1cccc(C(C)(C)C)c1-c1ccc([P+](=O)O)c(-c2c(C(C)(C)C)cccc2C(C)(C)C)c1-c1ccccc1. The maximum atomic E-state index is 13.3. The summed E-state index contributed by atoms with van der Waals surface area (Å²) in [5.74, 6) is 0. The summed E-state index contributed by atoms with van der Waals surface area (Å²) in [4.78, 5) is 11.0. The summed E-state index contributed by atoms with van der Waals surface area (Å²) in [5.41, 5.74) is 10.6. The molecule has 0 aliphatic rings. The smallest absolute Gasteiger partial charge is 0.156 e. The predicted molar refractivity (Wildman–Crippen MR) is 187 cm³/mol. The predicted octanol–water partition coefficient (Wildman–Crippen LogP) is 11.2. The number of hydrogen-bond donors (Lipinski definition) is 1. The first-order valence-electron chi connectivity index (χ1n) is 15.4. The van der Waals surface area contributed by atoms with Gasteiger partial charge in [-0.05, 0) is 82.9 Å². The van der Waals surface area contributed by atoms with Gasteiger partial charge in [-0.15, -0.1) is 0 Å². The lowest BCUT2D eigenvalue weighted by atomic mass is 9.70. The van der Waals surface area contributed by atoms with E-state index < -0.39 is 8.03 Å². The van der Waals surface area contributed by atoms with Crippen LogP contribution in [0.5, 0.6) is 0 Å². The lowest BCUT2D eigenvalue weighted by molar-refractivity contribution is 0.513. The van der Waals surface area contributed by atoms with Gasteiger partial charge >= 0.3 is 8.03 Å². The standard InChI is InChI=1S/C40H49O2P/c1-37(2,3)28-20-16-21-29(38(4,5)6)34(28)27-24-25-32(43(41)42)36(33(27)26-18-14-13-15-19-26)35-30(39(7,8)9)22-17-23-31(35)40(10,11)12/h13-25H,1-12H3/p+1. The Morgan fingerprint density at radius 1 is 0.442 bits per heavy atom. The lowest BCUT2D eigenvalue weighted by Crippen LogP contribution is -2.22. The van der Waals surface area contributed by atoms with E-state index in [9.17, 15) is 9.46 Å². The molecule has 0 heterocycles. The Morgan fingerprint density at radius 3 is 1.21 bits per heavy atom. The molecule has 4 aromatic carbocycles. The van der Waals surface area contributed by atoms with Gasteiger partial charge in [0.25, 0.3) is 0 Å². The maximum absolute atomic E-state index is 13.3. The van der Waals surface area contributed by atoms with E-state index in [4.69, 9.17) is 0 Å². The molecule has 0 amide bonds. The van der Waals surface area contributed by atoms with E-state index in [0.29, 0.717) is 5.30 Å². The molecular formula is C40H50O2P+. The lowest BCUT2D eigenvalue weighted by Gasteiger charge is -2.33.